The predicted octanol–water partition coefficient (Wildman–Crippen LogP) is 3.98. The van der Waals surface area contributed by atoms with Crippen LogP contribution >= 0.6 is 12.6 Å². The second kappa shape index (κ2) is 10.2. The van der Waals surface area contributed by atoms with Crippen LogP contribution in [-0.4, -0.2) is 32.9 Å². The summed E-state index contributed by atoms with van der Waals surface area (Å²) in [4.78, 5) is 0.864. The predicted molar refractivity (Wildman–Crippen MR) is 105 cm³/mol. The SMILES string of the molecule is CCOc1ccccc1OCCN[C@H](C)Cc1ccc(OC)c(S)c1. The molecule has 0 aliphatic heterocycles. The van der Waals surface area contributed by atoms with Gasteiger partial charge in [-0.2, -0.15) is 0 Å². The highest BCUT2D eigenvalue weighted by molar-refractivity contribution is 7.80. The van der Waals surface area contributed by atoms with Gasteiger partial charge in [0.25, 0.3) is 0 Å². The molecule has 1 N–H and O–H groups in total. The van der Waals surface area contributed by atoms with Crippen molar-refractivity contribution in [1.82, 2.24) is 5.32 Å². The Balaban J connectivity index is 1.75. The average molecular weight is 362 g/mol. The minimum absolute atomic E-state index is 0.340. The van der Waals surface area contributed by atoms with E-state index in [1.807, 2.05) is 37.3 Å². The second-order valence-corrected chi connectivity index (χ2v) is 6.28. The molecule has 5 heteroatoms. The van der Waals surface area contributed by atoms with E-state index >= 15 is 0 Å². The number of thiol groups is 1. The van der Waals surface area contributed by atoms with Gasteiger partial charge < -0.3 is 19.5 Å². The lowest BCUT2D eigenvalue weighted by Gasteiger charge is -2.16. The van der Waals surface area contributed by atoms with E-state index in [1.54, 1.807) is 7.11 Å². The molecule has 136 valence electrons. The number of nitrogens with one attached hydrogen (secondary N) is 1. The van der Waals surface area contributed by atoms with Crippen LogP contribution in [0.25, 0.3) is 0 Å². The Kier molecular flexibility index (Phi) is 7.95. The van der Waals surface area contributed by atoms with E-state index in [4.69, 9.17) is 14.2 Å². The third-order valence-corrected chi connectivity index (χ3v) is 4.14. The fourth-order valence-electron chi connectivity index (χ4n) is 2.60. The Morgan fingerprint density at radius 1 is 1.04 bits per heavy atom. The molecule has 0 saturated heterocycles. The van der Waals surface area contributed by atoms with E-state index in [0.717, 1.165) is 35.1 Å². The lowest BCUT2D eigenvalue weighted by Crippen LogP contribution is -2.31. The molecule has 0 aromatic heterocycles. The number of para-hydroxylation sites is 2. The van der Waals surface area contributed by atoms with E-state index < -0.39 is 0 Å². The van der Waals surface area contributed by atoms with Crippen LogP contribution in [0.5, 0.6) is 17.2 Å². The summed E-state index contributed by atoms with van der Waals surface area (Å²) >= 11 is 4.45. The van der Waals surface area contributed by atoms with Gasteiger partial charge in [0.15, 0.2) is 11.5 Å². The number of rotatable bonds is 10. The molecule has 0 saturated carbocycles. The highest BCUT2D eigenvalue weighted by Gasteiger charge is 2.07. The van der Waals surface area contributed by atoms with Gasteiger partial charge in [0.2, 0.25) is 0 Å². The molecule has 0 spiro atoms. The Hall–Kier alpha value is -1.85. The minimum atomic E-state index is 0.340. The maximum atomic E-state index is 5.82. The zero-order valence-corrected chi connectivity index (χ0v) is 16.0. The van der Waals surface area contributed by atoms with Crippen molar-refractivity contribution in [2.45, 2.75) is 31.2 Å². The zero-order chi connectivity index (χ0) is 18.1. The smallest absolute Gasteiger partial charge is 0.161 e. The molecular weight excluding hydrogens is 334 g/mol. The van der Waals surface area contributed by atoms with Gasteiger partial charge in [-0.1, -0.05) is 18.2 Å². The number of methoxy groups -OCH3 is 1. The van der Waals surface area contributed by atoms with Crippen molar-refractivity contribution in [2.75, 3.05) is 26.9 Å². The van der Waals surface area contributed by atoms with Crippen LogP contribution in [0, 0.1) is 0 Å². The number of hydrogen-bond donors (Lipinski definition) is 2. The first-order valence-corrected chi connectivity index (χ1v) is 9.02. The summed E-state index contributed by atoms with van der Waals surface area (Å²) in [6.45, 7) is 6.12. The van der Waals surface area contributed by atoms with Gasteiger partial charge in [0.1, 0.15) is 12.4 Å². The summed E-state index contributed by atoms with van der Waals surface area (Å²) in [7, 11) is 1.66. The molecule has 0 heterocycles. The number of ether oxygens (including phenoxy) is 3. The van der Waals surface area contributed by atoms with Crippen LogP contribution in [-0.2, 0) is 6.42 Å². The standard InChI is InChI=1S/C20H27NO3S/c1-4-23-17-7-5-6-8-18(17)24-12-11-21-15(2)13-16-9-10-19(22-3)20(25)14-16/h5-10,14-15,21,25H,4,11-13H2,1-3H3/t15-/m1/s1. The summed E-state index contributed by atoms with van der Waals surface area (Å²) in [6, 6.07) is 14.2. The molecule has 0 aliphatic carbocycles. The van der Waals surface area contributed by atoms with Crippen LogP contribution in [0.15, 0.2) is 47.4 Å². The summed E-state index contributed by atoms with van der Waals surface area (Å²) in [5, 5.41) is 3.48. The maximum absolute atomic E-state index is 5.82. The van der Waals surface area contributed by atoms with Gasteiger partial charge in [-0.3, -0.25) is 0 Å². The van der Waals surface area contributed by atoms with E-state index in [1.165, 1.54) is 5.56 Å². The van der Waals surface area contributed by atoms with Gasteiger partial charge >= 0.3 is 0 Å². The van der Waals surface area contributed by atoms with Gasteiger partial charge in [0.05, 0.1) is 13.7 Å². The summed E-state index contributed by atoms with van der Waals surface area (Å²) < 4.78 is 16.6. The number of hydrogen-bond acceptors (Lipinski definition) is 5. The third kappa shape index (κ3) is 6.18. The van der Waals surface area contributed by atoms with Gasteiger partial charge in [0, 0.05) is 17.5 Å². The Morgan fingerprint density at radius 2 is 1.76 bits per heavy atom. The molecule has 0 unspecified atom stereocenters. The van der Waals surface area contributed by atoms with Crippen LogP contribution < -0.4 is 19.5 Å². The summed E-state index contributed by atoms with van der Waals surface area (Å²) in [5.41, 5.74) is 1.23. The van der Waals surface area contributed by atoms with Gasteiger partial charge in [-0.25, -0.2) is 0 Å². The molecule has 2 rings (SSSR count). The fraction of sp³-hybridized carbons (Fsp3) is 0.400. The molecule has 0 radical (unpaired) electrons. The Labute approximate surface area is 155 Å². The first kappa shape index (κ1) is 19.5. The molecule has 1 atom stereocenters. The fourth-order valence-corrected chi connectivity index (χ4v) is 2.93. The molecule has 25 heavy (non-hydrogen) atoms. The highest BCUT2D eigenvalue weighted by Crippen LogP contribution is 2.26. The van der Waals surface area contributed by atoms with Crippen molar-refractivity contribution in [3.63, 3.8) is 0 Å². The summed E-state index contributed by atoms with van der Waals surface area (Å²) in [6.07, 6.45) is 0.924. The average Bonchev–Trinajstić information content (AvgIpc) is 2.60. The lowest BCUT2D eigenvalue weighted by atomic mass is 10.1. The third-order valence-electron chi connectivity index (χ3n) is 3.79. The van der Waals surface area contributed by atoms with Crippen LogP contribution in [0.2, 0.25) is 0 Å². The van der Waals surface area contributed by atoms with Gasteiger partial charge in [-0.05, 0) is 50.1 Å². The van der Waals surface area contributed by atoms with Crippen LogP contribution in [0.4, 0.5) is 0 Å². The normalized spacial score (nSPS) is 11.8. The van der Waals surface area contributed by atoms with Crippen LogP contribution in [0.1, 0.15) is 19.4 Å². The maximum Gasteiger partial charge on any atom is 0.161 e. The van der Waals surface area contributed by atoms with Crippen molar-refractivity contribution in [3.8, 4) is 17.2 Å². The monoisotopic (exact) mass is 361 g/mol. The van der Waals surface area contributed by atoms with Crippen molar-refractivity contribution in [2.24, 2.45) is 0 Å². The highest BCUT2D eigenvalue weighted by atomic mass is 32.1. The van der Waals surface area contributed by atoms with Crippen LogP contribution in [0.3, 0.4) is 0 Å². The Morgan fingerprint density at radius 3 is 2.40 bits per heavy atom. The minimum Gasteiger partial charge on any atom is -0.496 e. The molecule has 0 amide bonds. The van der Waals surface area contributed by atoms with E-state index in [2.05, 4.69) is 37.0 Å². The molecule has 2 aromatic rings. The van der Waals surface area contributed by atoms with E-state index in [0.29, 0.717) is 19.3 Å². The summed E-state index contributed by atoms with van der Waals surface area (Å²) in [5.74, 6) is 2.38. The molecular formula is C20H27NO3S. The molecule has 0 aliphatic rings. The van der Waals surface area contributed by atoms with Crippen molar-refractivity contribution < 1.29 is 14.2 Å². The first-order chi connectivity index (χ1) is 12.1. The quantitative estimate of drug-likeness (QED) is 0.496. The van der Waals surface area contributed by atoms with Crippen molar-refractivity contribution in [3.05, 3.63) is 48.0 Å². The van der Waals surface area contributed by atoms with Crippen molar-refractivity contribution in [1.29, 1.82) is 0 Å². The van der Waals surface area contributed by atoms with Gasteiger partial charge in [-0.15, -0.1) is 12.6 Å². The first-order valence-electron chi connectivity index (χ1n) is 8.58. The number of benzene rings is 2. The topological polar surface area (TPSA) is 39.7 Å². The molecule has 4 nitrogen and oxygen atoms in total. The molecule has 2 aromatic carbocycles. The lowest BCUT2D eigenvalue weighted by molar-refractivity contribution is 0.272. The second-order valence-electron chi connectivity index (χ2n) is 5.79. The Bertz CT molecular complexity index is 663. The van der Waals surface area contributed by atoms with E-state index in [9.17, 15) is 0 Å². The largest absolute Gasteiger partial charge is 0.496 e. The zero-order valence-electron chi connectivity index (χ0n) is 15.1. The molecule has 0 fully saturated rings. The van der Waals surface area contributed by atoms with Crippen molar-refractivity contribution >= 4 is 12.6 Å². The molecule has 0 bridgehead atoms. The van der Waals surface area contributed by atoms with E-state index in [-0.39, 0.29) is 0 Å².